The smallest absolute Gasteiger partial charge is 0.213 e. The number of pyridine rings is 1. The Balaban J connectivity index is 0.00000121. The standard InChI is InChI=1S/C7H9BrN2O.ClH/c8-6-1-2-7(10-5-6)11-4-3-9;/h1-2,5H,3-4,9H2;1H. The minimum atomic E-state index is 0. The summed E-state index contributed by atoms with van der Waals surface area (Å²) in [6, 6.07) is 3.67. The molecular formula is C7H10BrClN2O. The maximum atomic E-state index is 5.24. The van der Waals surface area contributed by atoms with Crippen LogP contribution in [0.2, 0.25) is 0 Å². The Hall–Kier alpha value is -0.320. The van der Waals surface area contributed by atoms with Crippen LogP contribution >= 0.6 is 28.3 Å². The van der Waals surface area contributed by atoms with E-state index in [-0.39, 0.29) is 12.4 Å². The number of nitrogens with zero attached hydrogens (tertiary/aromatic N) is 1. The lowest BCUT2D eigenvalue weighted by molar-refractivity contribution is 0.315. The van der Waals surface area contributed by atoms with Crippen molar-refractivity contribution in [2.75, 3.05) is 13.2 Å². The van der Waals surface area contributed by atoms with Crippen LogP contribution in [-0.2, 0) is 0 Å². The second-order valence-corrected chi connectivity index (χ2v) is 2.87. The molecule has 0 unspecified atom stereocenters. The molecule has 0 atom stereocenters. The van der Waals surface area contributed by atoms with Gasteiger partial charge < -0.3 is 10.5 Å². The first-order valence-electron chi connectivity index (χ1n) is 3.27. The molecule has 1 aromatic rings. The lowest BCUT2D eigenvalue weighted by Crippen LogP contribution is -2.11. The molecule has 1 heterocycles. The van der Waals surface area contributed by atoms with Gasteiger partial charge in [0.15, 0.2) is 0 Å². The Bertz CT molecular complexity index is 217. The Morgan fingerprint density at radius 3 is 2.75 bits per heavy atom. The number of hydrogen-bond donors (Lipinski definition) is 1. The number of hydrogen-bond acceptors (Lipinski definition) is 3. The molecule has 1 aromatic heterocycles. The van der Waals surface area contributed by atoms with Crippen LogP contribution in [0.1, 0.15) is 0 Å². The number of rotatable bonds is 3. The highest BCUT2D eigenvalue weighted by molar-refractivity contribution is 9.10. The minimum Gasteiger partial charge on any atom is -0.476 e. The molecule has 68 valence electrons. The van der Waals surface area contributed by atoms with Gasteiger partial charge in [0.05, 0.1) is 0 Å². The molecule has 1 rings (SSSR count). The molecule has 0 aliphatic heterocycles. The highest BCUT2D eigenvalue weighted by Gasteiger charge is 1.92. The third-order valence-electron chi connectivity index (χ3n) is 1.07. The zero-order valence-corrected chi connectivity index (χ0v) is 8.77. The molecule has 5 heteroatoms. The van der Waals surface area contributed by atoms with Gasteiger partial charge in [0.1, 0.15) is 6.61 Å². The molecule has 0 fully saturated rings. The summed E-state index contributed by atoms with van der Waals surface area (Å²) in [5.41, 5.74) is 5.24. The maximum Gasteiger partial charge on any atom is 0.213 e. The molecular weight excluding hydrogens is 243 g/mol. The van der Waals surface area contributed by atoms with Gasteiger partial charge in [0.25, 0.3) is 0 Å². The average Bonchev–Trinajstić information content (AvgIpc) is 2.04. The van der Waals surface area contributed by atoms with Crippen molar-refractivity contribution in [1.29, 1.82) is 0 Å². The number of ether oxygens (including phenoxy) is 1. The van der Waals surface area contributed by atoms with Gasteiger partial charge in [-0.1, -0.05) is 0 Å². The minimum absolute atomic E-state index is 0. The summed E-state index contributed by atoms with van der Waals surface area (Å²) in [5, 5.41) is 0. The molecule has 0 amide bonds. The number of aromatic nitrogens is 1. The fourth-order valence-electron chi connectivity index (χ4n) is 0.611. The van der Waals surface area contributed by atoms with Crippen molar-refractivity contribution in [3.8, 4) is 5.88 Å². The second-order valence-electron chi connectivity index (χ2n) is 1.95. The fourth-order valence-corrected chi connectivity index (χ4v) is 0.846. The summed E-state index contributed by atoms with van der Waals surface area (Å²) in [5.74, 6) is 0.610. The molecule has 3 nitrogen and oxygen atoms in total. The third kappa shape index (κ3) is 3.90. The van der Waals surface area contributed by atoms with Crippen LogP contribution in [0, 0.1) is 0 Å². The Kier molecular flexibility index (Phi) is 6.06. The highest BCUT2D eigenvalue weighted by atomic mass is 79.9. The van der Waals surface area contributed by atoms with Gasteiger partial charge in [-0.15, -0.1) is 12.4 Å². The lowest BCUT2D eigenvalue weighted by Gasteiger charge is -2.01. The van der Waals surface area contributed by atoms with Gasteiger partial charge in [0.2, 0.25) is 5.88 Å². The lowest BCUT2D eigenvalue weighted by atomic mass is 10.5. The van der Waals surface area contributed by atoms with Gasteiger partial charge >= 0.3 is 0 Å². The third-order valence-corrected chi connectivity index (χ3v) is 1.54. The van der Waals surface area contributed by atoms with E-state index in [0.717, 1.165) is 4.47 Å². The van der Waals surface area contributed by atoms with Crippen molar-refractivity contribution >= 4 is 28.3 Å². The van der Waals surface area contributed by atoms with E-state index in [0.29, 0.717) is 19.0 Å². The van der Waals surface area contributed by atoms with E-state index in [1.54, 1.807) is 12.3 Å². The molecule has 0 aromatic carbocycles. The quantitative estimate of drug-likeness (QED) is 0.890. The van der Waals surface area contributed by atoms with E-state index in [2.05, 4.69) is 20.9 Å². The molecule has 0 aliphatic carbocycles. The summed E-state index contributed by atoms with van der Waals surface area (Å²) >= 11 is 3.27. The van der Waals surface area contributed by atoms with Gasteiger partial charge in [-0.25, -0.2) is 4.98 Å². The van der Waals surface area contributed by atoms with E-state index in [1.807, 2.05) is 6.07 Å². The van der Waals surface area contributed by atoms with Crippen LogP contribution in [0.3, 0.4) is 0 Å². The number of halogens is 2. The maximum absolute atomic E-state index is 5.24. The molecule has 0 aliphatic rings. The van der Waals surface area contributed by atoms with Crippen molar-refractivity contribution in [1.82, 2.24) is 4.98 Å². The molecule has 0 saturated carbocycles. The van der Waals surface area contributed by atoms with Crippen molar-refractivity contribution in [3.05, 3.63) is 22.8 Å². The predicted molar refractivity (Wildman–Crippen MR) is 53.7 cm³/mol. The summed E-state index contributed by atoms with van der Waals surface area (Å²) in [6.45, 7) is 1.02. The van der Waals surface area contributed by atoms with Crippen LogP contribution in [0.4, 0.5) is 0 Å². The zero-order valence-electron chi connectivity index (χ0n) is 6.37. The monoisotopic (exact) mass is 252 g/mol. The summed E-state index contributed by atoms with van der Waals surface area (Å²) in [4.78, 5) is 3.99. The van der Waals surface area contributed by atoms with Crippen LogP contribution in [0.5, 0.6) is 5.88 Å². The fraction of sp³-hybridized carbons (Fsp3) is 0.286. The summed E-state index contributed by atoms with van der Waals surface area (Å²) in [7, 11) is 0. The van der Waals surface area contributed by atoms with Gasteiger partial charge in [-0.2, -0.15) is 0 Å². The molecule has 12 heavy (non-hydrogen) atoms. The van der Waals surface area contributed by atoms with Crippen molar-refractivity contribution < 1.29 is 4.74 Å². The molecule has 0 radical (unpaired) electrons. The number of nitrogens with two attached hydrogens (primary N) is 1. The van der Waals surface area contributed by atoms with Crippen LogP contribution in [0.15, 0.2) is 22.8 Å². The topological polar surface area (TPSA) is 48.1 Å². The Morgan fingerprint density at radius 1 is 1.50 bits per heavy atom. The summed E-state index contributed by atoms with van der Waals surface area (Å²) < 4.78 is 6.10. The van der Waals surface area contributed by atoms with E-state index >= 15 is 0 Å². The normalized spacial score (nSPS) is 8.83. The first-order valence-corrected chi connectivity index (χ1v) is 4.06. The molecule has 0 bridgehead atoms. The van der Waals surface area contributed by atoms with E-state index in [4.69, 9.17) is 10.5 Å². The summed E-state index contributed by atoms with van der Waals surface area (Å²) in [6.07, 6.45) is 1.69. The highest BCUT2D eigenvalue weighted by Crippen LogP contribution is 2.11. The molecule has 0 spiro atoms. The van der Waals surface area contributed by atoms with E-state index in [9.17, 15) is 0 Å². The SMILES string of the molecule is Cl.NCCOc1ccc(Br)cn1. The van der Waals surface area contributed by atoms with Gasteiger partial charge in [-0.3, -0.25) is 0 Å². The van der Waals surface area contributed by atoms with Crippen LogP contribution in [0.25, 0.3) is 0 Å². The van der Waals surface area contributed by atoms with Crippen LogP contribution in [-0.4, -0.2) is 18.1 Å². The predicted octanol–water partition coefficient (Wildman–Crippen LogP) is 1.60. The Morgan fingerprint density at radius 2 is 2.25 bits per heavy atom. The zero-order chi connectivity index (χ0) is 8.10. The average molecular weight is 254 g/mol. The largest absolute Gasteiger partial charge is 0.476 e. The molecule has 0 saturated heterocycles. The first kappa shape index (κ1) is 11.7. The Labute approximate surface area is 85.9 Å². The van der Waals surface area contributed by atoms with E-state index < -0.39 is 0 Å². The molecule has 2 N–H and O–H groups in total. The van der Waals surface area contributed by atoms with Gasteiger partial charge in [-0.05, 0) is 22.0 Å². The van der Waals surface area contributed by atoms with Gasteiger partial charge in [0, 0.05) is 23.3 Å². The van der Waals surface area contributed by atoms with Crippen molar-refractivity contribution in [2.24, 2.45) is 5.73 Å². The first-order chi connectivity index (χ1) is 5.33. The van der Waals surface area contributed by atoms with Crippen LogP contribution < -0.4 is 10.5 Å². The van der Waals surface area contributed by atoms with Crippen molar-refractivity contribution in [3.63, 3.8) is 0 Å². The van der Waals surface area contributed by atoms with Crippen molar-refractivity contribution in [2.45, 2.75) is 0 Å². The van der Waals surface area contributed by atoms with E-state index in [1.165, 1.54) is 0 Å². The second kappa shape index (κ2) is 6.22.